The van der Waals surface area contributed by atoms with Gasteiger partial charge in [-0.05, 0) is 55.3 Å². The van der Waals surface area contributed by atoms with Crippen LogP contribution in [0.2, 0.25) is 0 Å². The number of hydrogen-bond acceptors (Lipinski definition) is 6. The predicted molar refractivity (Wildman–Crippen MR) is 153 cm³/mol. The molecule has 1 N–H and O–H groups in total. The fourth-order valence-corrected chi connectivity index (χ4v) is 5.71. The molecule has 3 fully saturated rings. The minimum atomic E-state index is -1.21. The van der Waals surface area contributed by atoms with Crippen LogP contribution < -0.4 is 15.1 Å². The van der Waals surface area contributed by atoms with Crippen molar-refractivity contribution in [2.24, 2.45) is 0 Å². The SMILES string of the molecule is COc1ccc(C(=O)N2CCN(C(=O)N3CCN(c4ccc5c(=O)c(C(=O)O)cn(C6CC6)c5c4)CC3)CC2)cc1. The van der Waals surface area contributed by atoms with E-state index in [1.165, 1.54) is 6.20 Å². The number of nitrogens with zero attached hydrogens (tertiary/aromatic N) is 5. The lowest BCUT2D eigenvalue weighted by molar-refractivity contribution is 0.0636. The molecule has 6 rings (SSSR count). The van der Waals surface area contributed by atoms with Gasteiger partial charge in [0.15, 0.2) is 0 Å². The first-order chi connectivity index (χ1) is 19.8. The van der Waals surface area contributed by atoms with Gasteiger partial charge < -0.3 is 34.0 Å². The number of carboxylic acid groups (broad SMARTS) is 1. The van der Waals surface area contributed by atoms with Crippen LogP contribution in [0.4, 0.5) is 10.5 Å². The van der Waals surface area contributed by atoms with Crippen molar-refractivity contribution >= 4 is 34.5 Å². The Labute approximate surface area is 237 Å². The van der Waals surface area contributed by atoms with Gasteiger partial charge in [-0.25, -0.2) is 9.59 Å². The van der Waals surface area contributed by atoms with E-state index in [9.17, 15) is 24.3 Å². The van der Waals surface area contributed by atoms with Gasteiger partial charge in [0.25, 0.3) is 5.91 Å². The van der Waals surface area contributed by atoms with Crippen LogP contribution in [0.5, 0.6) is 5.75 Å². The third-order valence-corrected chi connectivity index (χ3v) is 8.28. The van der Waals surface area contributed by atoms with Crippen molar-refractivity contribution in [3.05, 3.63) is 70.0 Å². The van der Waals surface area contributed by atoms with E-state index in [2.05, 4.69) is 4.90 Å². The number of carbonyl (C=O) groups is 3. The molecule has 1 aliphatic carbocycles. The Bertz CT molecular complexity index is 1550. The van der Waals surface area contributed by atoms with Crippen LogP contribution >= 0.6 is 0 Å². The molecule has 2 aliphatic heterocycles. The number of amides is 3. The number of urea groups is 1. The molecule has 3 amide bonds. The molecule has 11 nitrogen and oxygen atoms in total. The predicted octanol–water partition coefficient (Wildman–Crippen LogP) is 2.74. The number of rotatable bonds is 5. The van der Waals surface area contributed by atoms with Gasteiger partial charge in [-0.3, -0.25) is 9.59 Å². The van der Waals surface area contributed by atoms with E-state index in [0.717, 1.165) is 24.0 Å². The summed E-state index contributed by atoms with van der Waals surface area (Å²) >= 11 is 0. The minimum absolute atomic E-state index is 0.0107. The average Bonchev–Trinajstić information content (AvgIpc) is 3.86. The van der Waals surface area contributed by atoms with Crippen molar-refractivity contribution in [1.29, 1.82) is 0 Å². The summed E-state index contributed by atoms with van der Waals surface area (Å²) < 4.78 is 7.10. The van der Waals surface area contributed by atoms with Gasteiger partial charge >= 0.3 is 12.0 Å². The number of fused-ring (bicyclic) bond motifs is 1. The zero-order valence-corrected chi connectivity index (χ0v) is 23.0. The highest BCUT2D eigenvalue weighted by atomic mass is 16.5. The van der Waals surface area contributed by atoms with Crippen LogP contribution in [0.1, 0.15) is 39.6 Å². The topological polar surface area (TPSA) is 116 Å². The normalized spacial score (nSPS) is 17.6. The minimum Gasteiger partial charge on any atom is -0.497 e. The van der Waals surface area contributed by atoms with Gasteiger partial charge in [0.05, 0.1) is 12.6 Å². The Kier molecular flexibility index (Phi) is 7.02. The molecule has 0 bridgehead atoms. The number of carboxylic acids is 1. The van der Waals surface area contributed by atoms with E-state index in [-0.39, 0.29) is 23.5 Å². The Morgan fingerprint density at radius 3 is 2.02 bits per heavy atom. The highest BCUT2D eigenvalue weighted by molar-refractivity contribution is 5.95. The molecule has 41 heavy (non-hydrogen) atoms. The van der Waals surface area contributed by atoms with Gasteiger partial charge in [-0.1, -0.05) is 0 Å². The molecule has 0 unspecified atom stereocenters. The van der Waals surface area contributed by atoms with E-state index < -0.39 is 11.4 Å². The molecule has 2 aromatic carbocycles. The highest BCUT2D eigenvalue weighted by Crippen LogP contribution is 2.37. The Morgan fingerprint density at radius 1 is 0.829 bits per heavy atom. The van der Waals surface area contributed by atoms with E-state index >= 15 is 0 Å². The molecular formula is C30H33N5O6. The summed E-state index contributed by atoms with van der Waals surface area (Å²) in [5.74, 6) is -0.554. The highest BCUT2D eigenvalue weighted by Gasteiger charge is 2.31. The first kappa shape index (κ1) is 26.7. The molecule has 0 atom stereocenters. The van der Waals surface area contributed by atoms with Crippen LogP contribution in [0.3, 0.4) is 0 Å². The van der Waals surface area contributed by atoms with Crippen molar-refractivity contribution in [1.82, 2.24) is 19.3 Å². The van der Waals surface area contributed by atoms with Crippen LogP contribution in [-0.2, 0) is 0 Å². The summed E-state index contributed by atoms with van der Waals surface area (Å²) in [4.78, 5) is 58.2. The molecule has 3 aromatic rings. The standard InChI is InChI=1S/C30H33N5O6/c1-41-23-7-2-20(3-8-23)28(37)32-12-16-34(17-13-32)30(40)33-14-10-31(11-15-33)22-6-9-24-26(18-22)35(21-4-5-21)19-25(27(24)36)29(38)39/h2-3,6-9,18-19,21H,4-5,10-17H2,1H3,(H,38,39). The fourth-order valence-electron chi connectivity index (χ4n) is 5.71. The van der Waals surface area contributed by atoms with Crippen LogP contribution in [-0.4, -0.2) is 102 Å². The zero-order chi connectivity index (χ0) is 28.7. The van der Waals surface area contributed by atoms with Gasteiger partial charge in [0, 0.05) is 81.2 Å². The molecule has 0 spiro atoms. The third-order valence-electron chi connectivity index (χ3n) is 8.28. The lowest BCUT2D eigenvalue weighted by atomic mass is 10.1. The number of hydrogen-bond donors (Lipinski definition) is 1. The first-order valence-corrected chi connectivity index (χ1v) is 14.0. The van der Waals surface area contributed by atoms with E-state index in [4.69, 9.17) is 4.74 Å². The summed E-state index contributed by atoms with van der Waals surface area (Å²) in [5, 5.41) is 9.91. The molecular weight excluding hydrogens is 526 g/mol. The second kappa shape index (κ2) is 10.8. The molecule has 214 valence electrons. The number of pyridine rings is 1. The molecule has 1 aromatic heterocycles. The number of piperazine rings is 2. The summed E-state index contributed by atoms with van der Waals surface area (Å²) in [5.41, 5.74) is 1.65. The first-order valence-electron chi connectivity index (χ1n) is 14.0. The maximum atomic E-state index is 13.3. The zero-order valence-electron chi connectivity index (χ0n) is 23.0. The summed E-state index contributed by atoms with van der Waals surface area (Å²) in [6.45, 7) is 4.37. The summed E-state index contributed by atoms with van der Waals surface area (Å²) in [6.07, 6.45) is 3.41. The number of anilines is 1. The van der Waals surface area contributed by atoms with Crippen LogP contribution in [0.15, 0.2) is 53.5 Å². The molecule has 3 aliphatic rings. The van der Waals surface area contributed by atoms with Gasteiger partial charge in [0.2, 0.25) is 5.43 Å². The van der Waals surface area contributed by atoms with Crippen molar-refractivity contribution in [3.63, 3.8) is 0 Å². The number of aromatic carboxylic acids is 1. The summed E-state index contributed by atoms with van der Waals surface area (Å²) in [7, 11) is 1.59. The quantitative estimate of drug-likeness (QED) is 0.511. The second-order valence-electron chi connectivity index (χ2n) is 10.8. The number of aromatic nitrogens is 1. The fraction of sp³-hybridized carbons (Fsp3) is 0.400. The third kappa shape index (κ3) is 5.19. The lowest BCUT2D eigenvalue weighted by Crippen LogP contribution is -2.57. The average molecular weight is 560 g/mol. The number of benzene rings is 2. The van der Waals surface area contributed by atoms with Gasteiger partial charge in [-0.15, -0.1) is 0 Å². The van der Waals surface area contributed by atoms with Crippen molar-refractivity contribution < 1.29 is 24.2 Å². The Morgan fingerprint density at radius 2 is 1.44 bits per heavy atom. The maximum Gasteiger partial charge on any atom is 0.341 e. The number of methoxy groups -OCH3 is 1. The largest absolute Gasteiger partial charge is 0.497 e. The van der Waals surface area contributed by atoms with Gasteiger partial charge in [0.1, 0.15) is 11.3 Å². The number of ether oxygens (including phenoxy) is 1. The maximum absolute atomic E-state index is 13.3. The number of carbonyl (C=O) groups excluding carboxylic acids is 2. The van der Waals surface area contributed by atoms with E-state index in [0.29, 0.717) is 69.1 Å². The monoisotopic (exact) mass is 559 g/mol. The van der Waals surface area contributed by atoms with Crippen LogP contribution in [0, 0.1) is 0 Å². The lowest BCUT2D eigenvalue weighted by Gasteiger charge is -2.41. The van der Waals surface area contributed by atoms with Crippen LogP contribution in [0.25, 0.3) is 10.9 Å². The van der Waals surface area contributed by atoms with Crippen molar-refractivity contribution in [2.45, 2.75) is 18.9 Å². The van der Waals surface area contributed by atoms with Gasteiger partial charge in [-0.2, -0.15) is 0 Å². The van der Waals surface area contributed by atoms with Crippen molar-refractivity contribution in [2.75, 3.05) is 64.4 Å². The van der Waals surface area contributed by atoms with E-state index in [1.54, 1.807) is 42.3 Å². The molecule has 11 heteroatoms. The summed E-state index contributed by atoms with van der Waals surface area (Å²) in [6, 6.07) is 12.8. The molecule has 2 saturated heterocycles. The van der Waals surface area contributed by atoms with E-state index in [1.807, 2.05) is 26.5 Å². The second-order valence-corrected chi connectivity index (χ2v) is 10.8. The molecule has 1 saturated carbocycles. The smallest absolute Gasteiger partial charge is 0.341 e. The van der Waals surface area contributed by atoms with Crippen molar-refractivity contribution in [3.8, 4) is 5.75 Å². The Hall–Kier alpha value is -4.54. The molecule has 3 heterocycles. The Balaban J connectivity index is 1.07. The molecule has 0 radical (unpaired) electrons.